The lowest BCUT2D eigenvalue weighted by Crippen LogP contribution is -2.08. The molecule has 0 aliphatic carbocycles. The number of aromatic nitrogens is 2. The summed E-state index contributed by atoms with van der Waals surface area (Å²) >= 11 is 0. The predicted octanol–water partition coefficient (Wildman–Crippen LogP) is 0.956. The Morgan fingerprint density at radius 1 is 1.50 bits per heavy atom. The minimum atomic E-state index is -3.24. The smallest absolute Gasteiger partial charge is 0.183 e. The Balaban J connectivity index is 2.72. The average Bonchev–Trinajstić information content (AvgIpc) is 2.52. The molecular weight excluding hydrogens is 202 g/mol. The highest BCUT2D eigenvalue weighted by Crippen LogP contribution is 2.17. The molecule has 0 aliphatic rings. The summed E-state index contributed by atoms with van der Waals surface area (Å²) in [5.74, 6) is 0.270. The largest absolute Gasteiger partial charge is 0.383 e. The second kappa shape index (κ2) is 4.45. The van der Waals surface area contributed by atoms with Crippen molar-refractivity contribution in [2.75, 3.05) is 11.5 Å². The van der Waals surface area contributed by atoms with Crippen molar-refractivity contribution in [2.45, 2.75) is 31.1 Å². The van der Waals surface area contributed by atoms with Crippen molar-refractivity contribution in [1.29, 1.82) is 0 Å². The number of aromatic amines is 1. The van der Waals surface area contributed by atoms with Gasteiger partial charge >= 0.3 is 0 Å². The van der Waals surface area contributed by atoms with E-state index in [-0.39, 0.29) is 16.5 Å². The third kappa shape index (κ3) is 2.47. The zero-order valence-corrected chi connectivity index (χ0v) is 8.97. The summed E-state index contributed by atoms with van der Waals surface area (Å²) in [7, 11) is -3.24. The fraction of sp³-hybridized carbons (Fsp3) is 0.625. The van der Waals surface area contributed by atoms with Gasteiger partial charge in [0, 0.05) is 0 Å². The molecule has 0 spiro atoms. The summed E-state index contributed by atoms with van der Waals surface area (Å²) in [4.78, 5) is 0.119. The van der Waals surface area contributed by atoms with Crippen molar-refractivity contribution in [1.82, 2.24) is 10.2 Å². The number of H-pyrrole nitrogens is 1. The molecule has 1 heterocycles. The van der Waals surface area contributed by atoms with E-state index in [9.17, 15) is 8.42 Å². The third-order valence-corrected chi connectivity index (χ3v) is 3.81. The van der Waals surface area contributed by atoms with Crippen LogP contribution in [-0.2, 0) is 9.84 Å². The molecule has 1 aromatic heterocycles. The summed E-state index contributed by atoms with van der Waals surface area (Å²) in [5, 5.41) is 6.00. The number of anilines is 1. The van der Waals surface area contributed by atoms with E-state index in [2.05, 4.69) is 10.2 Å². The number of nitrogens with one attached hydrogen (secondary N) is 1. The fourth-order valence-corrected chi connectivity index (χ4v) is 2.58. The first-order chi connectivity index (χ1) is 6.58. The summed E-state index contributed by atoms with van der Waals surface area (Å²) in [5.41, 5.74) is 5.43. The number of hydrogen-bond acceptors (Lipinski definition) is 4. The van der Waals surface area contributed by atoms with E-state index in [1.807, 2.05) is 6.92 Å². The number of hydrogen-bond donors (Lipinski definition) is 2. The summed E-state index contributed by atoms with van der Waals surface area (Å²) in [6, 6.07) is 0. The van der Waals surface area contributed by atoms with Crippen molar-refractivity contribution in [3.05, 3.63) is 6.20 Å². The van der Waals surface area contributed by atoms with Crippen LogP contribution in [-0.4, -0.2) is 24.4 Å². The maximum absolute atomic E-state index is 11.6. The number of unbranched alkanes of at least 4 members (excludes halogenated alkanes) is 2. The Morgan fingerprint density at radius 2 is 2.21 bits per heavy atom. The minimum absolute atomic E-state index is 0.119. The SMILES string of the molecule is CCCCCS(=O)(=O)c1cn[nH]c1N. The highest BCUT2D eigenvalue weighted by Gasteiger charge is 2.18. The van der Waals surface area contributed by atoms with E-state index < -0.39 is 9.84 Å². The first-order valence-corrected chi connectivity index (χ1v) is 6.24. The van der Waals surface area contributed by atoms with Gasteiger partial charge in [0.05, 0.1) is 11.9 Å². The van der Waals surface area contributed by atoms with Crippen molar-refractivity contribution in [3.8, 4) is 0 Å². The molecule has 0 atom stereocenters. The second-order valence-corrected chi connectivity index (χ2v) is 5.25. The van der Waals surface area contributed by atoms with Gasteiger partial charge in [-0.15, -0.1) is 0 Å². The molecule has 0 saturated heterocycles. The molecule has 0 radical (unpaired) electrons. The van der Waals surface area contributed by atoms with Crippen molar-refractivity contribution in [2.24, 2.45) is 0 Å². The predicted molar refractivity (Wildman–Crippen MR) is 54.6 cm³/mol. The lowest BCUT2D eigenvalue weighted by molar-refractivity contribution is 0.591. The highest BCUT2D eigenvalue weighted by molar-refractivity contribution is 7.91. The average molecular weight is 217 g/mol. The number of nitrogen functional groups attached to an aromatic ring is 1. The Kier molecular flexibility index (Phi) is 3.51. The molecule has 6 heteroatoms. The maximum Gasteiger partial charge on any atom is 0.183 e. The number of sulfone groups is 1. The Labute approximate surface area is 83.6 Å². The molecule has 0 aliphatic heterocycles. The molecule has 5 nitrogen and oxygen atoms in total. The van der Waals surface area contributed by atoms with Crippen LogP contribution in [0, 0.1) is 0 Å². The first kappa shape index (κ1) is 11.0. The molecule has 0 unspecified atom stereocenters. The van der Waals surface area contributed by atoms with Gasteiger partial charge in [0.2, 0.25) is 0 Å². The van der Waals surface area contributed by atoms with Gasteiger partial charge in [-0.1, -0.05) is 19.8 Å². The lowest BCUT2D eigenvalue weighted by atomic mass is 10.3. The Morgan fingerprint density at radius 3 is 2.71 bits per heavy atom. The third-order valence-electron chi connectivity index (χ3n) is 1.98. The quantitative estimate of drug-likeness (QED) is 0.719. The molecule has 1 aromatic rings. The molecule has 0 fully saturated rings. The zero-order valence-electron chi connectivity index (χ0n) is 8.16. The van der Waals surface area contributed by atoms with Gasteiger partial charge < -0.3 is 5.73 Å². The summed E-state index contributed by atoms with van der Waals surface area (Å²) < 4.78 is 23.3. The Bertz CT molecular complexity index is 383. The van der Waals surface area contributed by atoms with E-state index in [1.54, 1.807) is 0 Å². The van der Waals surface area contributed by atoms with Crippen LogP contribution < -0.4 is 5.73 Å². The topological polar surface area (TPSA) is 88.8 Å². The van der Waals surface area contributed by atoms with E-state index in [0.717, 1.165) is 12.8 Å². The van der Waals surface area contributed by atoms with Crippen LogP contribution in [0.3, 0.4) is 0 Å². The van der Waals surface area contributed by atoms with Gasteiger partial charge in [-0.3, -0.25) is 5.10 Å². The standard InChI is InChI=1S/C8H15N3O2S/c1-2-3-4-5-14(12,13)7-6-10-11-8(7)9/h6H,2-5H2,1H3,(H3,9,10,11). The van der Waals surface area contributed by atoms with E-state index >= 15 is 0 Å². The first-order valence-electron chi connectivity index (χ1n) is 4.59. The van der Waals surface area contributed by atoms with Gasteiger partial charge in [-0.2, -0.15) is 5.10 Å². The van der Waals surface area contributed by atoms with Crippen molar-refractivity contribution < 1.29 is 8.42 Å². The van der Waals surface area contributed by atoms with Crippen molar-refractivity contribution in [3.63, 3.8) is 0 Å². The van der Waals surface area contributed by atoms with Gasteiger partial charge in [0.15, 0.2) is 9.84 Å². The van der Waals surface area contributed by atoms with Crippen LogP contribution >= 0.6 is 0 Å². The monoisotopic (exact) mass is 217 g/mol. The van der Waals surface area contributed by atoms with E-state index in [4.69, 9.17) is 5.73 Å². The van der Waals surface area contributed by atoms with Crippen LogP contribution in [0.4, 0.5) is 5.82 Å². The second-order valence-electron chi connectivity index (χ2n) is 3.17. The molecule has 3 N–H and O–H groups in total. The lowest BCUT2D eigenvalue weighted by Gasteiger charge is -2.01. The molecule has 14 heavy (non-hydrogen) atoms. The molecule has 80 valence electrons. The van der Waals surface area contributed by atoms with Gasteiger partial charge in [-0.25, -0.2) is 8.42 Å². The summed E-state index contributed by atoms with van der Waals surface area (Å²) in [6.07, 6.45) is 3.84. The van der Waals surface area contributed by atoms with Gasteiger partial charge in [0.1, 0.15) is 10.7 Å². The van der Waals surface area contributed by atoms with Crippen LogP contribution in [0.1, 0.15) is 26.2 Å². The number of nitrogens with zero attached hydrogens (tertiary/aromatic N) is 1. The molecule has 0 saturated carbocycles. The van der Waals surface area contributed by atoms with Crippen LogP contribution in [0.5, 0.6) is 0 Å². The summed E-state index contributed by atoms with van der Waals surface area (Å²) in [6.45, 7) is 2.03. The van der Waals surface area contributed by atoms with Crippen molar-refractivity contribution >= 4 is 15.7 Å². The fourth-order valence-electron chi connectivity index (χ4n) is 1.18. The van der Waals surface area contributed by atoms with E-state index in [0.29, 0.717) is 6.42 Å². The Hall–Kier alpha value is -1.04. The molecule has 0 bridgehead atoms. The molecule has 1 rings (SSSR count). The van der Waals surface area contributed by atoms with Crippen LogP contribution in [0.2, 0.25) is 0 Å². The maximum atomic E-state index is 11.6. The zero-order chi connectivity index (χ0) is 10.6. The minimum Gasteiger partial charge on any atom is -0.383 e. The van der Waals surface area contributed by atoms with Crippen LogP contribution in [0.15, 0.2) is 11.1 Å². The molecule has 0 amide bonds. The van der Waals surface area contributed by atoms with Gasteiger partial charge in [0.25, 0.3) is 0 Å². The van der Waals surface area contributed by atoms with Gasteiger partial charge in [-0.05, 0) is 6.42 Å². The normalized spacial score (nSPS) is 11.8. The molecular formula is C8H15N3O2S. The number of nitrogens with two attached hydrogens (primary N) is 1. The van der Waals surface area contributed by atoms with E-state index in [1.165, 1.54) is 6.20 Å². The highest BCUT2D eigenvalue weighted by atomic mass is 32.2. The van der Waals surface area contributed by atoms with Crippen LogP contribution in [0.25, 0.3) is 0 Å². The molecule has 0 aromatic carbocycles. The number of rotatable bonds is 5.